The van der Waals surface area contributed by atoms with E-state index in [-0.39, 0.29) is 0 Å². The highest BCUT2D eigenvalue weighted by atomic mass is 16.3. The second-order valence-corrected chi connectivity index (χ2v) is 6.49. The summed E-state index contributed by atoms with van der Waals surface area (Å²) in [4.78, 5) is 2.53. The van der Waals surface area contributed by atoms with Crippen LogP contribution >= 0.6 is 0 Å². The van der Waals surface area contributed by atoms with Gasteiger partial charge in [0.05, 0.1) is 13.1 Å². The minimum atomic E-state index is 0.564. The largest absolute Gasteiger partial charge is 0.463 e. The Hall–Kier alpha value is -0.800. The van der Waals surface area contributed by atoms with E-state index in [9.17, 15) is 0 Å². The Kier molecular flexibility index (Phi) is 5.67. The van der Waals surface area contributed by atoms with Crippen molar-refractivity contribution in [1.82, 2.24) is 10.2 Å². The third-order valence-electron chi connectivity index (χ3n) is 4.74. The fourth-order valence-corrected chi connectivity index (χ4v) is 2.82. The fourth-order valence-electron chi connectivity index (χ4n) is 2.82. The number of rotatable bonds is 7. The second kappa shape index (κ2) is 7.28. The van der Waals surface area contributed by atoms with Crippen LogP contribution in [-0.4, -0.2) is 24.5 Å². The smallest absolute Gasteiger partial charge is 0.118 e. The molecule has 3 heteroatoms. The van der Waals surface area contributed by atoms with E-state index in [1.807, 2.05) is 0 Å². The highest BCUT2D eigenvalue weighted by Gasteiger charge is 2.28. The van der Waals surface area contributed by atoms with Gasteiger partial charge in [-0.1, -0.05) is 27.2 Å². The molecule has 20 heavy (non-hydrogen) atoms. The third kappa shape index (κ3) is 4.35. The van der Waals surface area contributed by atoms with Crippen LogP contribution in [-0.2, 0) is 13.1 Å². The molecule has 0 spiro atoms. The van der Waals surface area contributed by atoms with Crippen molar-refractivity contribution in [2.45, 2.75) is 59.5 Å². The molecule has 0 radical (unpaired) electrons. The summed E-state index contributed by atoms with van der Waals surface area (Å²) in [5.41, 5.74) is 0.564. The molecule has 0 saturated carbocycles. The molecule has 1 aliphatic rings. The first kappa shape index (κ1) is 15.6. The van der Waals surface area contributed by atoms with Crippen LogP contribution < -0.4 is 5.32 Å². The van der Waals surface area contributed by atoms with Gasteiger partial charge in [0.1, 0.15) is 11.5 Å². The molecule has 1 aromatic rings. The van der Waals surface area contributed by atoms with Crippen molar-refractivity contribution in [2.24, 2.45) is 5.41 Å². The van der Waals surface area contributed by atoms with Gasteiger partial charge >= 0.3 is 0 Å². The molecular weight excluding hydrogens is 248 g/mol. The standard InChI is InChI=1S/C17H30N2O/c1-4-10-18-13-15-6-7-16(20-15)14-19-11-8-17(3,5-2)9-12-19/h6-7,18H,4-5,8-14H2,1-3H3. The normalized spacial score (nSPS) is 19.4. The van der Waals surface area contributed by atoms with E-state index in [0.717, 1.165) is 37.6 Å². The van der Waals surface area contributed by atoms with Crippen molar-refractivity contribution in [3.05, 3.63) is 23.7 Å². The van der Waals surface area contributed by atoms with Crippen LogP contribution in [0.4, 0.5) is 0 Å². The number of likely N-dealkylation sites (tertiary alicyclic amines) is 1. The predicted molar refractivity (Wildman–Crippen MR) is 83.6 cm³/mol. The van der Waals surface area contributed by atoms with E-state index in [2.05, 4.69) is 43.1 Å². The van der Waals surface area contributed by atoms with Gasteiger partial charge in [-0.25, -0.2) is 0 Å². The lowest BCUT2D eigenvalue weighted by Crippen LogP contribution is -2.37. The van der Waals surface area contributed by atoms with E-state index in [1.165, 1.54) is 32.4 Å². The van der Waals surface area contributed by atoms with Crippen LogP contribution in [0.15, 0.2) is 16.5 Å². The Morgan fingerprint density at radius 2 is 1.90 bits per heavy atom. The summed E-state index contributed by atoms with van der Waals surface area (Å²) in [6, 6.07) is 4.24. The van der Waals surface area contributed by atoms with Gasteiger partial charge in [0.15, 0.2) is 0 Å². The Morgan fingerprint density at radius 1 is 1.20 bits per heavy atom. The zero-order valence-corrected chi connectivity index (χ0v) is 13.4. The maximum atomic E-state index is 5.91. The van der Waals surface area contributed by atoms with Crippen molar-refractivity contribution in [1.29, 1.82) is 0 Å². The van der Waals surface area contributed by atoms with Crippen LogP contribution in [0.5, 0.6) is 0 Å². The van der Waals surface area contributed by atoms with Crippen LogP contribution in [0.25, 0.3) is 0 Å². The molecule has 1 aromatic heterocycles. The minimum Gasteiger partial charge on any atom is -0.463 e. The molecule has 0 unspecified atom stereocenters. The van der Waals surface area contributed by atoms with E-state index in [1.54, 1.807) is 0 Å². The summed E-state index contributed by atoms with van der Waals surface area (Å²) in [5.74, 6) is 2.17. The van der Waals surface area contributed by atoms with E-state index in [4.69, 9.17) is 4.42 Å². The molecule has 0 amide bonds. The summed E-state index contributed by atoms with van der Waals surface area (Å²) < 4.78 is 5.91. The zero-order chi connectivity index (χ0) is 14.4. The number of piperidine rings is 1. The molecule has 2 heterocycles. The summed E-state index contributed by atoms with van der Waals surface area (Å²) in [6.07, 6.45) is 5.09. The Bertz CT molecular complexity index is 391. The first-order chi connectivity index (χ1) is 9.65. The summed E-state index contributed by atoms with van der Waals surface area (Å²) >= 11 is 0. The van der Waals surface area contributed by atoms with Crippen molar-refractivity contribution in [3.8, 4) is 0 Å². The van der Waals surface area contributed by atoms with Crippen LogP contribution in [0.2, 0.25) is 0 Å². The summed E-state index contributed by atoms with van der Waals surface area (Å²) in [7, 11) is 0. The lowest BCUT2D eigenvalue weighted by molar-refractivity contribution is 0.103. The molecule has 1 N–H and O–H groups in total. The molecule has 2 rings (SSSR count). The second-order valence-electron chi connectivity index (χ2n) is 6.49. The molecule has 0 aromatic carbocycles. The van der Waals surface area contributed by atoms with Crippen molar-refractivity contribution in [3.63, 3.8) is 0 Å². The van der Waals surface area contributed by atoms with Crippen LogP contribution in [0.3, 0.4) is 0 Å². The van der Waals surface area contributed by atoms with Crippen LogP contribution in [0.1, 0.15) is 58.0 Å². The molecule has 114 valence electrons. The van der Waals surface area contributed by atoms with Crippen molar-refractivity contribution < 1.29 is 4.42 Å². The minimum absolute atomic E-state index is 0.564. The van der Waals surface area contributed by atoms with Crippen LogP contribution in [0, 0.1) is 5.41 Å². The maximum Gasteiger partial charge on any atom is 0.118 e. The number of furan rings is 1. The topological polar surface area (TPSA) is 28.4 Å². The molecule has 0 aliphatic carbocycles. The first-order valence-corrected chi connectivity index (χ1v) is 8.16. The van der Waals surface area contributed by atoms with Gasteiger partial charge in [0, 0.05) is 0 Å². The molecule has 0 bridgehead atoms. The summed E-state index contributed by atoms with van der Waals surface area (Å²) in [5, 5.41) is 3.38. The van der Waals surface area contributed by atoms with E-state index in [0.29, 0.717) is 5.41 Å². The molecule has 1 saturated heterocycles. The number of nitrogens with one attached hydrogen (secondary N) is 1. The van der Waals surface area contributed by atoms with Gasteiger partial charge in [0.2, 0.25) is 0 Å². The quantitative estimate of drug-likeness (QED) is 0.769. The van der Waals surface area contributed by atoms with E-state index >= 15 is 0 Å². The maximum absolute atomic E-state index is 5.91. The molecule has 0 atom stereocenters. The predicted octanol–water partition coefficient (Wildman–Crippen LogP) is 3.79. The lowest BCUT2D eigenvalue weighted by Gasteiger charge is -2.38. The highest BCUT2D eigenvalue weighted by molar-refractivity contribution is 5.07. The van der Waals surface area contributed by atoms with E-state index < -0.39 is 0 Å². The zero-order valence-electron chi connectivity index (χ0n) is 13.4. The number of hydrogen-bond acceptors (Lipinski definition) is 3. The monoisotopic (exact) mass is 278 g/mol. The molecule has 1 fully saturated rings. The SMILES string of the molecule is CCCNCc1ccc(CN2CCC(C)(CC)CC2)o1. The number of hydrogen-bond donors (Lipinski definition) is 1. The van der Waals surface area contributed by atoms with Gasteiger partial charge in [-0.2, -0.15) is 0 Å². The molecular formula is C17H30N2O. The van der Waals surface area contributed by atoms with Gasteiger partial charge in [0.25, 0.3) is 0 Å². The Morgan fingerprint density at radius 3 is 2.55 bits per heavy atom. The number of nitrogens with zero attached hydrogens (tertiary/aromatic N) is 1. The average Bonchev–Trinajstić information content (AvgIpc) is 2.90. The fraction of sp³-hybridized carbons (Fsp3) is 0.765. The third-order valence-corrected chi connectivity index (χ3v) is 4.74. The van der Waals surface area contributed by atoms with Crippen molar-refractivity contribution in [2.75, 3.05) is 19.6 Å². The molecule has 1 aliphatic heterocycles. The Balaban J connectivity index is 1.77. The first-order valence-electron chi connectivity index (χ1n) is 8.16. The Labute approximate surface area is 123 Å². The molecule has 3 nitrogen and oxygen atoms in total. The van der Waals surface area contributed by atoms with Gasteiger partial charge in [-0.15, -0.1) is 0 Å². The van der Waals surface area contributed by atoms with Gasteiger partial charge < -0.3 is 9.73 Å². The highest BCUT2D eigenvalue weighted by Crippen LogP contribution is 2.34. The van der Waals surface area contributed by atoms with Gasteiger partial charge in [-0.05, 0) is 56.4 Å². The van der Waals surface area contributed by atoms with Gasteiger partial charge in [-0.3, -0.25) is 4.90 Å². The lowest BCUT2D eigenvalue weighted by atomic mass is 9.78. The summed E-state index contributed by atoms with van der Waals surface area (Å²) in [6.45, 7) is 12.2. The van der Waals surface area contributed by atoms with Crippen molar-refractivity contribution >= 4 is 0 Å². The average molecular weight is 278 g/mol.